The van der Waals surface area contributed by atoms with Crippen molar-refractivity contribution in [2.45, 2.75) is 19.5 Å². The van der Waals surface area contributed by atoms with Crippen LogP contribution in [0.4, 0.5) is 5.69 Å². The van der Waals surface area contributed by atoms with Gasteiger partial charge in [-0.3, -0.25) is 14.5 Å². The van der Waals surface area contributed by atoms with Crippen LogP contribution in [0.1, 0.15) is 17.4 Å². The molecule has 0 aliphatic heterocycles. The molecule has 1 atom stereocenters. The summed E-state index contributed by atoms with van der Waals surface area (Å²) in [6.07, 6.45) is 1.48. The first-order valence-corrected chi connectivity index (χ1v) is 10.6. The molecule has 1 unspecified atom stereocenters. The van der Waals surface area contributed by atoms with E-state index in [2.05, 4.69) is 15.6 Å². The highest BCUT2D eigenvalue weighted by atomic mass is 16.5. The molecule has 4 rings (SSSR count). The fourth-order valence-electron chi connectivity index (χ4n) is 3.65. The molecule has 170 valence electrons. The summed E-state index contributed by atoms with van der Waals surface area (Å²) in [5, 5.41) is 11.1. The molecule has 0 saturated heterocycles. The fourth-order valence-corrected chi connectivity index (χ4v) is 3.65. The molecular formula is C24H25N5O4. The largest absolute Gasteiger partial charge is 0.467 e. The zero-order chi connectivity index (χ0) is 23.2. The van der Waals surface area contributed by atoms with Crippen molar-refractivity contribution >= 4 is 28.5 Å². The first-order valence-electron chi connectivity index (χ1n) is 10.6. The van der Waals surface area contributed by atoms with E-state index >= 15 is 0 Å². The van der Waals surface area contributed by atoms with Crippen molar-refractivity contribution < 1.29 is 18.7 Å². The lowest BCUT2D eigenvalue weighted by Gasteiger charge is -2.30. The van der Waals surface area contributed by atoms with E-state index in [9.17, 15) is 9.59 Å². The molecule has 0 bridgehead atoms. The third kappa shape index (κ3) is 4.93. The number of hydrogen-bond donors (Lipinski definition) is 1. The first kappa shape index (κ1) is 22.2. The average molecular weight is 447 g/mol. The van der Waals surface area contributed by atoms with Crippen LogP contribution in [0.3, 0.4) is 0 Å². The second kappa shape index (κ2) is 10.1. The molecule has 33 heavy (non-hydrogen) atoms. The molecule has 2 heterocycles. The number of aromatic nitrogens is 3. The standard InChI is InChI=1S/C24H25N5O4/c1-17-7-5-8-18(15-17)29(22(30)16-28-20-10-4-3-9-19(20)26-27-28)23(21-11-6-13-33-21)24(31)25-12-14-32-2/h3-11,13,15,23H,12,14,16H2,1-2H3,(H,25,31). The number of ether oxygens (including phenoxy) is 1. The summed E-state index contributed by atoms with van der Waals surface area (Å²) < 4.78 is 12.2. The number of aryl methyl sites for hydroxylation is 1. The van der Waals surface area contributed by atoms with Gasteiger partial charge in [0, 0.05) is 19.3 Å². The molecule has 0 fully saturated rings. The first-order chi connectivity index (χ1) is 16.1. The fraction of sp³-hybridized carbons (Fsp3) is 0.250. The van der Waals surface area contributed by atoms with Crippen molar-refractivity contribution in [2.75, 3.05) is 25.2 Å². The number of carbonyl (C=O) groups excluding carboxylic acids is 2. The molecule has 0 radical (unpaired) electrons. The number of hydrogen-bond acceptors (Lipinski definition) is 6. The van der Waals surface area contributed by atoms with Crippen molar-refractivity contribution in [3.05, 3.63) is 78.3 Å². The van der Waals surface area contributed by atoms with Gasteiger partial charge in [-0.1, -0.05) is 29.5 Å². The molecule has 2 amide bonds. The van der Waals surface area contributed by atoms with Gasteiger partial charge in [0.1, 0.15) is 17.8 Å². The number of fused-ring (bicyclic) bond motifs is 1. The lowest BCUT2D eigenvalue weighted by Crippen LogP contribution is -2.45. The predicted octanol–water partition coefficient (Wildman–Crippen LogP) is 2.87. The van der Waals surface area contributed by atoms with Gasteiger partial charge < -0.3 is 14.5 Å². The number of rotatable bonds is 9. The van der Waals surface area contributed by atoms with Crippen LogP contribution < -0.4 is 10.2 Å². The van der Waals surface area contributed by atoms with E-state index in [-0.39, 0.29) is 18.4 Å². The smallest absolute Gasteiger partial charge is 0.251 e. The summed E-state index contributed by atoms with van der Waals surface area (Å²) in [5.74, 6) is -0.358. The number of methoxy groups -OCH3 is 1. The van der Waals surface area contributed by atoms with Gasteiger partial charge in [-0.15, -0.1) is 5.10 Å². The van der Waals surface area contributed by atoms with E-state index in [1.807, 2.05) is 49.4 Å². The second-order valence-electron chi connectivity index (χ2n) is 7.54. The lowest BCUT2D eigenvalue weighted by atomic mass is 10.1. The Balaban J connectivity index is 1.74. The summed E-state index contributed by atoms with van der Waals surface area (Å²) in [6, 6.07) is 17.2. The molecule has 0 saturated carbocycles. The number of nitrogens with one attached hydrogen (secondary N) is 1. The molecule has 0 spiro atoms. The molecular weight excluding hydrogens is 422 g/mol. The van der Waals surface area contributed by atoms with Gasteiger partial charge in [-0.25, -0.2) is 4.68 Å². The minimum atomic E-state index is -1.01. The van der Waals surface area contributed by atoms with E-state index in [0.29, 0.717) is 30.1 Å². The highest BCUT2D eigenvalue weighted by Crippen LogP contribution is 2.29. The van der Waals surface area contributed by atoms with Crippen molar-refractivity contribution in [2.24, 2.45) is 0 Å². The predicted molar refractivity (Wildman–Crippen MR) is 123 cm³/mol. The van der Waals surface area contributed by atoms with Crippen LogP contribution in [0.15, 0.2) is 71.3 Å². The van der Waals surface area contributed by atoms with Gasteiger partial charge >= 0.3 is 0 Å². The molecule has 1 N–H and O–H groups in total. The summed E-state index contributed by atoms with van der Waals surface area (Å²) >= 11 is 0. The molecule has 0 aliphatic carbocycles. The number of carbonyl (C=O) groups is 2. The van der Waals surface area contributed by atoms with Crippen LogP contribution in [0.5, 0.6) is 0 Å². The zero-order valence-corrected chi connectivity index (χ0v) is 18.5. The molecule has 9 heteroatoms. The number of benzene rings is 2. The monoisotopic (exact) mass is 447 g/mol. The second-order valence-corrected chi connectivity index (χ2v) is 7.54. The van der Waals surface area contributed by atoms with Gasteiger partial charge in [0.25, 0.3) is 5.91 Å². The average Bonchev–Trinajstić information content (AvgIpc) is 3.48. The van der Waals surface area contributed by atoms with Crippen molar-refractivity contribution in [3.8, 4) is 0 Å². The van der Waals surface area contributed by atoms with Crippen LogP contribution in [-0.4, -0.2) is 47.1 Å². The normalized spacial score (nSPS) is 11.9. The summed E-state index contributed by atoms with van der Waals surface area (Å²) in [6.45, 7) is 2.48. The van der Waals surface area contributed by atoms with Crippen molar-refractivity contribution in [1.29, 1.82) is 0 Å². The van der Waals surface area contributed by atoms with E-state index < -0.39 is 6.04 Å². The van der Waals surface area contributed by atoms with Crippen LogP contribution in [-0.2, 0) is 20.9 Å². The van der Waals surface area contributed by atoms with Crippen molar-refractivity contribution in [3.63, 3.8) is 0 Å². The minimum absolute atomic E-state index is 0.100. The SMILES string of the molecule is COCCNC(=O)C(c1ccco1)N(C(=O)Cn1nnc2ccccc21)c1cccc(C)c1. The maximum atomic E-state index is 13.7. The van der Waals surface area contributed by atoms with E-state index in [0.717, 1.165) is 11.1 Å². The Hall–Kier alpha value is -3.98. The number of furan rings is 1. The maximum Gasteiger partial charge on any atom is 0.251 e. The number of amides is 2. The van der Waals surface area contributed by atoms with Gasteiger partial charge in [0.15, 0.2) is 6.04 Å². The Bertz CT molecular complexity index is 1230. The molecule has 2 aromatic heterocycles. The van der Waals surface area contributed by atoms with Gasteiger partial charge in [-0.2, -0.15) is 0 Å². The Labute approximate surface area is 190 Å². The van der Waals surface area contributed by atoms with E-state index in [1.54, 1.807) is 25.3 Å². The molecule has 0 aliphatic rings. The highest BCUT2D eigenvalue weighted by Gasteiger charge is 2.35. The van der Waals surface area contributed by atoms with E-state index in [1.165, 1.54) is 15.8 Å². The molecule has 2 aromatic carbocycles. The Morgan fingerprint density at radius 3 is 2.76 bits per heavy atom. The topological polar surface area (TPSA) is 102 Å². The summed E-state index contributed by atoms with van der Waals surface area (Å²) in [7, 11) is 1.56. The Kier molecular flexibility index (Phi) is 6.80. The Morgan fingerprint density at radius 1 is 1.15 bits per heavy atom. The van der Waals surface area contributed by atoms with E-state index in [4.69, 9.17) is 9.15 Å². The van der Waals surface area contributed by atoms with Crippen LogP contribution in [0, 0.1) is 6.92 Å². The van der Waals surface area contributed by atoms with Gasteiger partial charge in [0.2, 0.25) is 5.91 Å². The minimum Gasteiger partial charge on any atom is -0.467 e. The quantitative estimate of drug-likeness (QED) is 0.396. The van der Waals surface area contributed by atoms with Crippen molar-refractivity contribution in [1.82, 2.24) is 20.3 Å². The summed E-state index contributed by atoms with van der Waals surface area (Å²) in [5.41, 5.74) is 2.95. The third-order valence-corrected chi connectivity index (χ3v) is 5.18. The summed E-state index contributed by atoms with van der Waals surface area (Å²) in [4.78, 5) is 28.5. The third-order valence-electron chi connectivity index (χ3n) is 5.18. The molecule has 9 nitrogen and oxygen atoms in total. The highest BCUT2D eigenvalue weighted by molar-refractivity contribution is 6.01. The van der Waals surface area contributed by atoms with Crippen LogP contribution >= 0.6 is 0 Å². The maximum absolute atomic E-state index is 13.7. The number of anilines is 1. The Morgan fingerprint density at radius 2 is 2.00 bits per heavy atom. The van der Waals surface area contributed by atoms with Gasteiger partial charge in [0.05, 0.1) is 18.4 Å². The zero-order valence-electron chi connectivity index (χ0n) is 18.5. The van der Waals surface area contributed by atoms with Crippen LogP contribution in [0.2, 0.25) is 0 Å². The number of para-hydroxylation sites is 1. The number of nitrogens with zero attached hydrogens (tertiary/aromatic N) is 4. The molecule has 4 aromatic rings. The lowest BCUT2D eigenvalue weighted by molar-refractivity contribution is -0.127. The van der Waals surface area contributed by atoms with Crippen LogP contribution in [0.25, 0.3) is 11.0 Å². The van der Waals surface area contributed by atoms with Gasteiger partial charge in [-0.05, 0) is 48.9 Å².